The molecule has 0 bridgehead atoms. The van der Waals surface area contributed by atoms with E-state index in [4.69, 9.17) is 5.11 Å². The average Bonchev–Trinajstić information content (AvgIpc) is 2.75. The summed E-state index contributed by atoms with van der Waals surface area (Å²) in [7, 11) is 0. The molecule has 0 saturated carbocycles. The Morgan fingerprint density at radius 3 is 2.72 bits per heavy atom. The van der Waals surface area contributed by atoms with Crippen LogP contribution in [0.3, 0.4) is 0 Å². The standard InChI is InChI=1S/C12H20N2O3S/c1-12(2)4-3-5-13(7-12)11(17)14-8-18-6-9(14)10(15)16/h9H,3-8H2,1-2H3,(H,15,16)/t9-/m0/s1. The quantitative estimate of drug-likeness (QED) is 0.789. The summed E-state index contributed by atoms with van der Waals surface area (Å²) in [5.74, 6) is 0.0926. The molecule has 2 aliphatic heterocycles. The van der Waals surface area contributed by atoms with Gasteiger partial charge in [0.25, 0.3) is 0 Å². The van der Waals surface area contributed by atoms with Crippen molar-refractivity contribution in [2.75, 3.05) is 24.7 Å². The van der Waals surface area contributed by atoms with Crippen LogP contribution in [0.15, 0.2) is 0 Å². The van der Waals surface area contributed by atoms with Gasteiger partial charge in [-0.3, -0.25) is 0 Å². The molecule has 0 spiro atoms. The lowest BCUT2D eigenvalue weighted by Gasteiger charge is -2.40. The van der Waals surface area contributed by atoms with Crippen LogP contribution in [-0.4, -0.2) is 57.7 Å². The van der Waals surface area contributed by atoms with Crippen molar-refractivity contribution in [3.8, 4) is 0 Å². The lowest BCUT2D eigenvalue weighted by Crippen LogP contribution is -2.52. The number of rotatable bonds is 1. The first-order valence-electron chi connectivity index (χ1n) is 6.27. The Morgan fingerprint density at radius 1 is 1.39 bits per heavy atom. The highest BCUT2D eigenvalue weighted by Crippen LogP contribution is 2.30. The second-order valence-corrected chi connectivity index (χ2v) is 6.80. The second kappa shape index (κ2) is 4.99. The molecule has 0 aromatic rings. The summed E-state index contributed by atoms with van der Waals surface area (Å²) >= 11 is 1.51. The zero-order chi connectivity index (χ0) is 13.3. The lowest BCUT2D eigenvalue weighted by atomic mass is 9.84. The lowest BCUT2D eigenvalue weighted by molar-refractivity contribution is -0.141. The van der Waals surface area contributed by atoms with E-state index in [2.05, 4.69) is 13.8 Å². The molecule has 2 amide bonds. The summed E-state index contributed by atoms with van der Waals surface area (Å²) in [5.41, 5.74) is 0.138. The molecule has 18 heavy (non-hydrogen) atoms. The minimum absolute atomic E-state index is 0.111. The fraction of sp³-hybridized carbons (Fsp3) is 0.833. The largest absolute Gasteiger partial charge is 0.480 e. The molecule has 0 unspecified atom stereocenters. The normalized spacial score (nSPS) is 27.3. The number of carboxylic acids is 1. The zero-order valence-corrected chi connectivity index (χ0v) is 11.7. The minimum atomic E-state index is -0.899. The van der Waals surface area contributed by atoms with E-state index in [0.29, 0.717) is 11.6 Å². The van der Waals surface area contributed by atoms with Crippen LogP contribution >= 0.6 is 11.8 Å². The maximum atomic E-state index is 12.4. The Hall–Kier alpha value is -0.910. The molecular weight excluding hydrogens is 252 g/mol. The second-order valence-electron chi connectivity index (χ2n) is 5.80. The fourth-order valence-electron chi connectivity index (χ4n) is 2.60. The molecule has 0 aliphatic carbocycles. The first-order valence-corrected chi connectivity index (χ1v) is 7.42. The zero-order valence-electron chi connectivity index (χ0n) is 10.9. The van der Waals surface area contributed by atoms with Crippen molar-refractivity contribution >= 4 is 23.8 Å². The summed E-state index contributed by atoms with van der Waals surface area (Å²) in [6.45, 7) is 5.77. The topological polar surface area (TPSA) is 60.9 Å². The van der Waals surface area contributed by atoms with Gasteiger partial charge in [0.05, 0.1) is 5.88 Å². The van der Waals surface area contributed by atoms with Crippen LogP contribution in [0.2, 0.25) is 0 Å². The van der Waals surface area contributed by atoms with E-state index in [1.807, 2.05) is 4.90 Å². The van der Waals surface area contributed by atoms with Crippen LogP contribution in [0.25, 0.3) is 0 Å². The molecule has 2 saturated heterocycles. The molecule has 1 N–H and O–H groups in total. The van der Waals surface area contributed by atoms with Crippen molar-refractivity contribution in [3.05, 3.63) is 0 Å². The van der Waals surface area contributed by atoms with Crippen molar-refractivity contribution in [1.29, 1.82) is 0 Å². The van der Waals surface area contributed by atoms with Gasteiger partial charge < -0.3 is 14.9 Å². The fourth-order valence-corrected chi connectivity index (χ4v) is 3.74. The first-order chi connectivity index (χ1) is 8.41. The Kier molecular flexibility index (Phi) is 3.75. The van der Waals surface area contributed by atoms with Gasteiger partial charge in [0, 0.05) is 18.8 Å². The van der Waals surface area contributed by atoms with E-state index in [-0.39, 0.29) is 11.4 Å². The number of carbonyl (C=O) groups excluding carboxylic acids is 1. The van der Waals surface area contributed by atoms with E-state index in [9.17, 15) is 9.59 Å². The van der Waals surface area contributed by atoms with Crippen molar-refractivity contribution < 1.29 is 14.7 Å². The third-order valence-electron chi connectivity index (χ3n) is 3.58. The highest BCUT2D eigenvalue weighted by atomic mass is 32.2. The molecule has 0 aromatic carbocycles. The number of amides is 2. The van der Waals surface area contributed by atoms with Crippen LogP contribution in [-0.2, 0) is 4.79 Å². The Balaban J connectivity index is 2.04. The van der Waals surface area contributed by atoms with Crippen molar-refractivity contribution in [1.82, 2.24) is 9.80 Å². The van der Waals surface area contributed by atoms with Gasteiger partial charge >= 0.3 is 12.0 Å². The number of hydrogen-bond acceptors (Lipinski definition) is 3. The maximum absolute atomic E-state index is 12.4. The predicted molar refractivity (Wildman–Crippen MR) is 70.6 cm³/mol. The third kappa shape index (κ3) is 2.74. The van der Waals surface area contributed by atoms with Crippen molar-refractivity contribution in [3.63, 3.8) is 0 Å². The molecule has 6 heteroatoms. The molecule has 2 aliphatic rings. The number of nitrogens with zero attached hydrogens (tertiary/aromatic N) is 2. The van der Waals surface area contributed by atoms with Crippen LogP contribution in [0, 0.1) is 5.41 Å². The molecule has 5 nitrogen and oxygen atoms in total. The van der Waals surface area contributed by atoms with E-state index in [1.165, 1.54) is 16.7 Å². The van der Waals surface area contributed by atoms with Gasteiger partial charge in [-0.2, -0.15) is 0 Å². The summed E-state index contributed by atoms with van der Waals surface area (Å²) in [5, 5.41) is 9.11. The van der Waals surface area contributed by atoms with Gasteiger partial charge in [0.2, 0.25) is 0 Å². The minimum Gasteiger partial charge on any atom is -0.480 e. The smallest absolute Gasteiger partial charge is 0.327 e. The number of carbonyl (C=O) groups is 2. The Morgan fingerprint density at radius 2 is 2.11 bits per heavy atom. The summed E-state index contributed by atoms with van der Waals surface area (Å²) in [6, 6.07) is -0.771. The monoisotopic (exact) mass is 272 g/mol. The molecule has 2 fully saturated rings. The molecule has 0 radical (unpaired) electrons. The first kappa shape index (κ1) is 13.5. The van der Waals surface area contributed by atoms with Gasteiger partial charge in [-0.05, 0) is 18.3 Å². The number of thioether (sulfide) groups is 1. The molecule has 2 rings (SSSR count). The van der Waals surface area contributed by atoms with Gasteiger partial charge in [-0.15, -0.1) is 11.8 Å². The van der Waals surface area contributed by atoms with E-state index in [0.717, 1.165) is 25.9 Å². The number of carboxylic acid groups (broad SMARTS) is 1. The van der Waals surface area contributed by atoms with Gasteiger partial charge in [0.1, 0.15) is 6.04 Å². The Labute approximate surface area is 112 Å². The molecule has 102 valence electrons. The summed E-state index contributed by atoms with van der Waals surface area (Å²) in [4.78, 5) is 26.8. The van der Waals surface area contributed by atoms with Gasteiger partial charge in [-0.25, -0.2) is 9.59 Å². The molecule has 1 atom stereocenters. The number of piperidine rings is 1. The van der Waals surface area contributed by atoms with Crippen LogP contribution in [0.1, 0.15) is 26.7 Å². The van der Waals surface area contributed by atoms with Crippen molar-refractivity contribution in [2.45, 2.75) is 32.7 Å². The number of hydrogen-bond donors (Lipinski definition) is 1. The highest BCUT2D eigenvalue weighted by Gasteiger charge is 2.39. The highest BCUT2D eigenvalue weighted by molar-refractivity contribution is 7.99. The molecule has 0 aromatic heterocycles. The predicted octanol–water partition coefficient (Wildman–Crippen LogP) is 1.69. The summed E-state index contributed by atoms with van der Waals surface area (Å²) < 4.78 is 0. The van der Waals surface area contributed by atoms with Gasteiger partial charge in [0.15, 0.2) is 0 Å². The Bertz CT molecular complexity index is 359. The van der Waals surface area contributed by atoms with Crippen molar-refractivity contribution in [2.24, 2.45) is 5.41 Å². The van der Waals surface area contributed by atoms with E-state index < -0.39 is 12.0 Å². The molecular formula is C12H20N2O3S. The van der Waals surface area contributed by atoms with Crippen LogP contribution in [0.5, 0.6) is 0 Å². The number of aliphatic carboxylic acids is 1. The van der Waals surface area contributed by atoms with Gasteiger partial charge in [-0.1, -0.05) is 13.8 Å². The third-order valence-corrected chi connectivity index (χ3v) is 4.60. The van der Waals surface area contributed by atoms with E-state index >= 15 is 0 Å². The van der Waals surface area contributed by atoms with Crippen LogP contribution < -0.4 is 0 Å². The summed E-state index contributed by atoms with van der Waals surface area (Å²) in [6.07, 6.45) is 2.12. The molecule has 2 heterocycles. The number of likely N-dealkylation sites (tertiary alicyclic amines) is 1. The average molecular weight is 272 g/mol. The van der Waals surface area contributed by atoms with Crippen LogP contribution in [0.4, 0.5) is 4.79 Å². The SMILES string of the molecule is CC1(C)CCCN(C(=O)N2CSC[C@H]2C(=O)O)C1. The van der Waals surface area contributed by atoms with E-state index in [1.54, 1.807) is 0 Å². The maximum Gasteiger partial charge on any atom is 0.327 e. The number of urea groups is 1.